The highest BCUT2D eigenvalue weighted by atomic mass is 35.5. The number of halogens is 6. The van der Waals surface area contributed by atoms with Gasteiger partial charge in [0.2, 0.25) is 11.8 Å². The second-order valence-corrected chi connectivity index (χ2v) is 15.8. The van der Waals surface area contributed by atoms with Gasteiger partial charge in [-0.05, 0) is 62.3 Å². The standard InChI is InChI=1S/C39H35Cl2F4N7O2/c1-19-25-15-30(29-14-23(17-51(29)38(53)20-7-8-20)54-31-9-11-50(49-31)18-39(43,44)45)52(36-22-13-28(36)47-16-22)37(25)26-12-21(4-3-10-46)32(34(42)35(26)48-19)24-5-2-6-27(40)33(24)41/h2,5-6,9,11-12,15,20,22-23,28-29,36,47H,3-4,7-8,13-14,16-18H2,1H3. The third-order valence-corrected chi connectivity index (χ3v) is 12.3. The van der Waals surface area contributed by atoms with Crippen LogP contribution in [0.3, 0.4) is 0 Å². The van der Waals surface area contributed by atoms with Crippen molar-refractivity contribution in [3.63, 3.8) is 0 Å². The predicted molar refractivity (Wildman–Crippen MR) is 195 cm³/mol. The Morgan fingerprint density at radius 2 is 1.96 bits per heavy atom. The second-order valence-electron chi connectivity index (χ2n) is 15.0. The molecular weight excluding hydrogens is 745 g/mol. The lowest BCUT2D eigenvalue weighted by Gasteiger charge is -2.39. The van der Waals surface area contributed by atoms with Crippen molar-refractivity contribution in [1.82, 2.24) is 29.5 Å². The van der Waals surface area contributed by atoms with Gasteiger partial charge in [-0.2, -0.15) is 18.4 Å². The third kappa shape index (κ3) is 5.97. The summed E-state index contributed by atoms with van der Waals surface area (Å²) in [6, 6.07) is 12.4. The van der Waals surface area contributed by atoms with E-state index in [1.54, 1.807) is 18.2 Å². The summed E-state index contributed by atoms with van der Waals surface area (Å²) in [6.45, 7) is 1.70. The number of carbonyl (C=O) groups excluding carboxylic acids is 1. The zero-order chi connectivity index (χ0) is 37.6. The Balaban J connectivity index is 1.21. The summed E-state index contributed by atoms with van der Waals surface area (Å²) in [4.78, 5) is 20.7. The van der Waals surface area contributed by atoms with Crippen molar-refractivity contribution in [2.24, 2.45) is 11.8 Å². The van der Waals surface area contributed by atoms with Crippen molar-refractivity contribution in [3.8, 4) is 23.1 Å². The number of nitriles is 1. The van der Waals surface area contributed by atoms with Gasteiger partial charge in [0, 0.05) is 76.9 Å². The minimum absolute atomic E-state index is 0.0211. The van der Waals surface area contributed by atoms with Crippen molar-refractivity contribution in [2.45, 2.75) is 82.4 Å². The Morgan fingerprint density at radius 3 is 2.67 bits per heavy atom. The van der Waals surface area contributed by atoms with E-state index in [0.29, 0.717) is 34.5 Å². The predicted octanol–water partition coefficient (Wildman–Crippen LogP) is 8.49. The van der Waals surface area contributed by atoms with E-state index in [2.05, 4.69) is 27.1 Å². The molecule has 54 heavy (non-hydrogen) atoms. The van der Waals surface area contributed by atoms with E-state index in [1.807, 2.05) is 17.9 Å². The molecule has 0 radical (unpaired) electrons. The molecule has 9 nitrogen and oxygen atoms in total. The molecule has 3 saturated heterocycles. The van der Waals surface area contributed by atoms with Crippen molar-refractivity contribution in [2.75, 3.05) is 13.1 Å². The highest BCUT2D eigenvalue weighted by molar-refractivity contribution is 6.43. The molecule has 2 bridgehead atoms. The van der Waals surface area contributed by atoms with Gasteiger partial charge in [0.25, 0.3) is 0 Å². The number of carbonyl (C=O) groups is 1. The van der Waals surface area contributed by atoms with Gasteiger partial charge in [-0.1, -0.05) is 35.3 Å². The van der Waals surface area contributed by atoms with E-state index < -0.39 is 30.7 Å². The van der Waals surface area contributed by atoms with E-state index in [1.165, 1.54) is 12.3 Å². The summed E-state index contributed by atoms with van der Waals surface area (Å²) in [5.74, 6) is -0.239. The van der Waals surface area contributed by atoms with Crippen LogP contribution in [0.4, 0.5) is 17.6 Å². The minimum Gasteiger partial charge on any atom is -0.471 e. The first-order valence-electron chi connectivity index (χ1n) is 18.2. The van der Waals surface area contributed by atoms with E-state index in [-0.39, 0.29) is 70.3 Å². The molecule has 5 aromatic rings. The van der Waals surface area contributed by atoms with Crippen LogP contribution in [0.2, 0.25) is 10.0 Å². The Morgan fingerprint density at radius 1 is 1.15 bits per heavy atom. The highest BCUT2D eigenvalue weighted by Crippen LogP contribution is 2.51. The molecule has 5 unspecified atom stereocenters. The van der Waals surface area contributed by atoms with Gasteiger partial charge in [0.15, 0.2) is 5.82 Å². The number of hydrogen-bond donors (Lipinski definition) is 1. The Kier molecular flexibility index (Phi) is 8.59. The number of likely N-dealkylation sites (tertiary alicyclic amines) is 1. The van der Waals surface area contributed by atoms with Gasteiger partial charge in [-0.25, -0.2) is 9.37 Å². The lowest BCUT2D eigenvalue weighted by atomic mass is 9.79. The average Bonchev–Trinajstić information content (AvgIpc) is 3.55. The molecule has 1 N–H and O–H groups in total. The van der Waals surface area contributed by atoms with Crippen molar-refractivity contribution < 1.29 is 27.1 Å². The fourth-order valence-electron chi connectivity index (χ4n) is 8.92. The maximum Gasteiger partial charge on any atom is 0.408 e. The van der Waals surface area contributed by atoms with Crippen LogP contribution in [0.5, 0.6) is 5.88 Å². The van der Waals surface area contributed by atoms with Gasteiger partial charge in [-0.15, -0.1) is 5.10 Å². The van der Waals surface area contributed by atoms with Crippen LogP contribution in [0.15, 0.2) is 42.6 Å². The molecule has 6 heterocycles. The lowest BCUT2D eigenvalue weighted by Crippen LogP contribution is -2.41. The van der Waals surface area contributed by atoms with Gasteiger partial charge in [-0.3, -0.25) is 9.48 Å². The number of amides is 1. The van der Waals surface area contributed by atoms with E-state index in [4.69, 9.17) is 32.9 Å². The molecule has 280 valence electrons. The number of pyridine rings is 1. The summed E-state index contributed by atoms with van der Waals surface area (Å²) in [5.41, 5.74) is 3.76. The maximum absolute atomic E-state index is 17.2. The van der Waals surface area contributed by atoms with Crippen LogP contribution in [0.25, 0.3) is 32.9 Å². The van der Waals surface area contributed by atoms with Crippen LogP contribution in [-0.4, -0.2) is 61.6 Å². The number of nitrogens with one attached hydrogen (secondary N) is 1. The summed E-state index contributed by atoms with van der Waals surface area (Å²) in [5, 5.41) is 19.1. The first-order chi connectivity index (χ1) is 25.9. The third-order valence-electron chi connectivity index (χ3n) is 11.5. The summed E-state index contributed by atoms with van der Waals surface area (Å²) in [6.07, 6.45) is -0.325. The van der Waals surface area contributed by atoms with Crippen molar-refractivity contribution in [1.29, 1.82) is 5.26 Å². The molecule has 2 aromatic carbocycles. The van der Waals surface area contributed by atoms with Crippen LogP contribution in [0, 0.1) is 35.9 Å². The molecule has 2 saturated carbocycles. The Bertz CT molecular complexity index is 2370. The molecule has 5 aliphatic rings. The zero-order valence-corrected chi connectivity index (χ0v) is 30.6. The van der Waals surface area contributed by atoms with E-state index in [9.17, 15) is 23.2 Å². The zero-order valence-electron chi connectivity index (χ0n) is 29.1. The van der Waals surface area contributed by atoms with Gasteiger partial charge < -0.3 is 19.5 Å². The Hall–Kier alpha value is -4.38. The Labute approximate surface area is 317 Å². The van der Waals surface area contributed by atoms with Crippen molar-refractivity contribution in [3.05, 3.63) is 75.4 Å². The molecule has 5 atom stereocenters. The maximum atomic E-state index is 17.2. The normalized spacial score (nSPS) is 23.7. The molecular formula is C39H35Cl2F4N7O2. The van der Waals surface area contributed by atoms with E-state index in [0.717, 1.165) is 47.1 Å². The molecule has 0 spiro atoms. The quantitative estimate of drug-likeness (QED) is 0.151. The fourth-order valence-corrected chi connectivity index (χ4v) is 9.31. The molecule has 2 aliphatic carbocycles. The minimum atomic E-state index is -4.43. The summed E-state index contributed by atoms with van der Waals surface area (Å²) >= 11 is 13.1. The molecule has 15 heteroatoms. The number of rotatable bonds is 9. The number of aryl methyl sites for hydroxylation is 2. The number of alkyl halides is 3. The monoisotopic (exact) mass is 779 g/mol. The van der Waals surface area contributed by atoms with Crippen LogP contribution < -0.4 is 10.1 Å². The topological polar surface area (TPSA) is 101 Å². The van der Waals surface area contributed by atoms with Crippen LogP contribution >= 0.6 is 23.2 Å². The smallest absolute Gasteiger partial charge is 0.408 e. The first-order valence-corrected chi connectivity index (χ1v) is 18.9. The largest absolute Gasteiger partial charge is 0.471 e. The number of hydrogen-bond acceptors (Lipinski definition) is 6. The average molecular weight is 781 g/mol. The first kappa shape index (κ1) is 35.3. The highest BCUT2D eigenvalue weighted by Gasteiger charge is 2.51. The molecule has 3 aromatic heterocycles. The van der Waals surface area contributed by atoms with Crippen molar-refractivity contribution >= 4 is 50.9 Å². The number of aromatic nitrogens is 4. The molecule has 5 fully saturated rings. The number of benzene rings is 2. The van der Waals surface area contributed by atoms with Gasteiger partial charge >= 0.3 is 6.18 Å². The molecule has 1 amide bonds. The summed E-state index contributed by atoms with van der Waals surface area (Å²) in [7, 11) is 0. The fraction of sp³-hybridized carbons (Fsp3) is 0.436. The SMILES string of the molecule is Cc1nc2c(F)c(-c3cccc(Cl)c3Cl)c(CCC#N)cc2c2c1cc(C1CC(Oc3ccn(CC(F)(F)F)n3)CN1C(=O)C1CC1)n2C1C2CNC1C2. The number of nitrogens with zero attached hydrogens (tertiary/aromatic N) is 6. The van der Waals surface area contributed by atoms with Crippen LogP contribution in [0.1, 0.15) is 61.1 Å². The molecule has 10 rings (SSSR count). The molecule has 3 aliphatic heterocycles. The van der Waals surface area contributed by atoms with Gasteiger partial charge in [0.05, 0.1) is 40.3 Å². The van der Waals surface area contributed by atoms with Crippen LogP contribution in [-0.2, 0) is 17.8 Å². The number of ether oxygens (including phenoxy) is 1. The van der Waals surface area contributed by atoms with E-state index >= 15 is 4.39 Å². The number of fused-ring (bicyclic) bond motifs is 4. The lowest BCUT2D eigenvalue weighted by molar-refractivity contribution is -0.142. The second kappa shape index (κ2) is 13.1. The summed E-state index contributed by atoms with van der Waals surface area (Å²) < 4.78 is 65.6. The van der Waals surface area contributed by atoms with Gasteiger partial charge in [0.1, 0.15) is 18.2 Å².